The number of fused-ring (bicyclic) bond motifs is 1. The van der Waals surface area contributed by atoms with E-state index in [1.807, 2.05) is 12.1 Å². The Bertz CT molecular complexity index is 441. The van der Waals surface area contributed by atoms with Crippen LogP contribution in [0.15, 0.2) is 18.2 Å². The highest BCUT2D eigenvalue weighted by Gasteiger charge is 2.27. The van der Waals surface area contributed by atoms with Crippen molar-refractivity contribution in [2.24, 2.45) is 11.8 Å². The van der Waals surface area contributed by atoms with Gasteiger partial charge < -0.3 is 5.11 Å². The molecule has 1 aromatic rings. The van der Waals surface area contributed by atoms with Crippen molar-refractivity contribution in [2.75, 3.05) is 13.1 Å². The Morgan fingerprint density at radius 3 is 2.29 bits per heavy atom. The lowest BCUT2D eigenvalue weighted by atomic mass is 10.0. The van der Waals surface area contributed by atoms with E-state index in [0.29, 0.717) is 11.8 Å². The molecule has 2 rings (SSSR count). The molecule has 0 heterocycles. The number of benzene rings is 1. The highest BCUT2D eigenvalue weighted by atomic mass is 16.3. The number of hydrogen-bond donors (Lipinski definition) is 1. The predicted octanol–water partition coefficient (Wildman–Crippen LogP) is 4.77. The summed E-state index contributed by atoms with van der Waals surface area (Å²) in [6.45, 7) is 11.6. The molecular formula is C19H31NO. The van der Waals surface area contributed by atoms with E-state index in [9.17, 15) is 5.11 Å². The van der Waals surface area contributed by atoms with Crippen molar-refractivity contribution >= 4 is 0 Å². The Morgan fingerprint density at radius 2 is 1.71 bits per heavy atom. The van der Waals surface area contributed by atoms with Gasteiger partial charge in [-0.15, -0.1) is 0 Å². The first-order valence-corrected chi connectivity index (χ1v) is 8.53. The average molecular weight is 289 g/mol. The minimum atomic E-state index is 0.408. The lowest BCUT2D eigenvalue weighted by Gasteiger charge is -2.31. The van der Waals surface area contributed by atoms with Crippen molar-refractivity contribution in [2.45, 2.75) is 59.4 Å². The first-order valence-electron chi connectivity index (χ1n) is 8.53. The normalized spacial score (nSPS) is 18.0. The van der Waals surface area contributed by atoms with E-state index in [1.54, 1.807) is 0 Å². The van der Waals surface area contributed by atoms with Crippen LogP contribution in [-0.4, -0.2) is 23.1 Å². The number of aryl methyl sites for hydroxylation is 1. The third-order valence-electron chi connectivity index (χ3n) is 4.60. The lowest BCUT2D eigenvalue weighted by Crippen LogP contribution is -2.31. The standard InChI is InChI=1S/C19H31NO/c1-14(2)9-11-20(12-10-15(3)4)19-8-5-16-13-17(21)6-7-18(16)19/h6-7,13-15,19,21H,5,8-12H2,1-4H3. The fourth-order valence-corrected chi connectivity index (χ4v) is 3.23. The molecule has 2 heteroatoms. The summed E-state index contributed by atoms with van der Waals surface area (Å²) in [4.78, 5) is 2.68. The molecule has 0 fully saturated rings. The van der Waals surface area contributed by atoms with Gasteiger partial charge in [-0.05, 0) is 73.9 Å². The van der Waals surface area contributed by atoms with Gasteiger partial charge in [0.25, 0.3) is 0 Å². The second-order valence-electron chi connectivity index (χ2n) is 7.34. The quantitative estimate of drug-likeness (QED) is 0.781. The molecule has 0 amide bonds. The van der Waals surface area contributed by atoms with Crippen LogP contribution >= 0.6 is 0 Å². The van der Waals surface area contributed by atoms with Crippen LogP contribution in [0.3, 0.4) is 0 Å². The zero-order valence-electron chi connectivity index (χ0n) is 14.1. The molecule has 1 aliphatic carbocycles. The molecule has 0 saturated carbocycles. The summed E-state index contributed by atoms with van der Waals surface area (Å²) in [5, 5.41) is 9.66. The summed E-state index contributed by atoms with van der Waals surface area (Å²) in [5.74, 6) is 1.92. The zero-order chi connectivity index (χ0) is 15.4. The van der Waals surface area contributed by atoms with Crippen LogP contribution in [0.2, 0.25) is 0 Å². The molecule has 0 bridgehead atoms. The van der Waals surface area contributed by atoms with Crippen molar-refractivity contribution in [1.82, 2.24) is 4.90 Å². The Hall–Kier alpha value is -1.02. The highest BCUT2D eigenvalue weighted by molar-refractivity contribution is 5.40. The van der Waals surface area contributed by atoms with Crippen LogP contribution in [0, 0.1) is 11.8 Å². The molecule has 1 unspecified atom stereocenters. The fraction of sp³-hybridized carbons (Fsp3) is 0.684. The molecule has 1 atom stereocenters. The van der Waals surface area contributed by atoms with Crippen molar-refractivity contribution in [3.8, 4) is 5.75 Å². The third-order valence-corrected chi connectivity index (χ3v) is 4.60. The highest BCUT2D eigenvalue weighted by Crippen LogP contribution is 2.37. The summed E-state index contributed by atoms with van der Waals surface area (Å²) in [6, 6.07) is 6.50. The number of nitrogens with zero attached hydrogens (tertiary/aromatic N) is 1. The molecule has 2 nitrogen and oxygen atoms in total. The monoisotopic (exact) mass is 289 g/mol. The third kappa shape index (κ3) is 4.47. The molecule has 0 aliphatic heterocycles. The maximum atomic E-state index is 9.66. The predicted molar refractivity (Wildman–Crippen MR) is 89.7 cm³/mol. The smallest absolute Gasteiger partial charge is 0.115 e. The molecule has 0 spiro atoms. The Morgan fingerprint density at radius 1 is 1.10 bits per heavy atom. The largest absolute Gasteiger partial charge is 0.508 e. The van der Waals surface area contributed by atoms with Gasteiger partial charge in [-0.3, -0.25) is 4.90 Å². The molecule has 0 radical (unpaired) electrons. The van der Waals surface area contributed by atoms with Gasteiger partial charge in [0.2, 0.25) is 0 Å². The Kier molecular flexibility index (Phi) is 5.69. The number of phenolic OH excluding ortho intramolecular Hbond substituents is 1. The van der Waals surface area contributed by atoms with Crippen LogP contribution in [0.25, 0.3) is 0 Å². The number of phenols is 1. The Balaban J connectivity index is 2.10. The van der Waals surface area contributed by atoms with E-state index in [1.165, 1.54) is 43.5 Å². The van der Waals surface area contributed by atoms with E-state index < -0.39 is 0 Å². The minimum Gasteiger partial charge on any atom is -0.508 e. The maximum Gasteiger partial charge on any atom is 0.115 e. The first kappa shape index (κ1) is 16.4. The molecule has 1 N–H and O–H groups in total. The van der Waals surface area contributed by atoms with Crippen LogP contribution in [0.4, 0.5) is 0 Å². The van der Waals surface area contributed by atoms with Crippen molar-refractivity contribution < 1.29 is 5.11 Å². The lowest BCUT2D eigenvalue weighted by molar-refractivity contribution is 0.176. The number of aromatic hydroxyl groups is 1. The summed E-state index contributed by atoms with van der Waals surface area (Å²) in [6.07, 6.45) is 4.84. The van der Waals surface area contributed by atoms with E-state index in [4.69, 9.17) is 0 Å². The Labute approximate surface area is 130 Å². The van der Waals surface area contributed by atoms with Gasteiger partial charge in [0.05, 0.1) is 0 Å². The fourth-order valence-electron chi connectivity index (χ4n) is 3.23. The number of rotatable bonds is 7. The summed E-state index contributed by atoms with van der Waals surface area (Å²) in [7, 11) is 0. The van der Waals surface area contributed by atoms with Gasteiger partial charge in [0.15, 0.2) is 0 Å². The van der Waals surface area contributed by atoms with Gasteiger partial charge in [-0.2, -0.15) is 0 Å². The number of hydrogen-bond acceptors (Lipinski definition) is 2. The molecule has 1 aliphatic rings. The SMILES string of the molecule is CC(C)CCN(CCC(C)C)C1CCc2cc(O)ccc21. The van der Waals surface area contributed by atoms with Gasteiger partial charge in [0, 0.05) is 6.04 Å². The molecule has 0 saturated heterocycles. The van der Waals surface area contributed by atoms with Crippen molar-refractivity contribution in [3.05, 3.63) is 29.3 Å². The van der Waals surface area contributed by atoms with Crippen LogP contribution in [0.5, 0.6) is 5.75 Å². The summed E-state index contributed by atoms with van der Waals surface area (Å²) < 4.78 is 0. The minimum absolute atomic E-state index is 0.408. The molecule has 118 valence electrons. The van der Waals surface area contributed by atoms with Crippen LogP contribution in [-0.2, 0) is 6.42 Å². The van der Waals surface area contributed by atoms with E-state index >= 15 is 0 Å². The van der Waals surface area contributed by atoms with Gasteiger partial charge in [-0.25, -0.2) is 0 Å². The van der Waals surface area contributed by atoms with Crippen molar-refractivity contribution in [3.63, 3.8) is 0 Å². The first-order chi connectivity index (χ1) is 9.97. The van der Waals surface area contributed by atoms with Gasteiger partial charge in [0.1, 0.15) is 5.75 Å². The van der Waals surface area contributed by atoms with Crippen molar-refractivity contribution in [1.29, 1.82) is 0 Å². The second-order valence-corrected chi connectivity index (χ2v) is 7.34. The van der Waals surface area contributed by atoms with E-state index in [-0.39, 0.29) is 0 Å². The van der Waals surface area contributed by atoms with Gasteiger partial charge in [-0.1, -0.05) is 33.8 Å². The molecule has 21 heavy (non-hydrogen) atoms. The van der Waals surface area contributed by atoms with Crippen LogP contribution in [0.1, 0.15) is 64.1 Å². The molecule has 0 aromatic heterocycles. The summed E-state index contributed by atoms with van der Waals surface area (Å²) >= 11 is 0. The van der Waals surface area contributed by atoms with E-state index in [2.05, 4.69) is 38.7 Å². The molecular weight excluding hydrogens is 258 g/mol. The van der Waals surface area contributed by atoms with Gasteiger partial charge >= 0.3 is 0 Å². The average Bonchev–Trinajstić information content (AvgIpc) is 2.81. The van der Waals surface area contributed by atoms with Crippen LogP contribution < -0.4 is 0 Å². The topological polar surface area (TPSA) is 23.5 Å². The molecule has 1 aromatic carbocycles. The second kappa shape index (κ2) is 7.31. The zero-order valence-corrected chi connectivity index (χ0v) is 14.1. The maximum absolute atomic E-state index is 9.66. The van der Waals surface area contributed by atoms with E-state index in [0.717, 1.165) is 18.3 Å². The summed E-state index contributed by atoms with van der Waals surface area (Å²) in [5.41, 5.74) is 2.79.